The first-order valence-electron chi connectivity index (χ1n) is 6.13. The Hall–Kier alpha value is -1.87. The molecule has 2 aromatic rings. The van der Waals surface area contributed by atoms with Crippen molar-refractivity contribution >= 4 is 0 Å². The third-order valence-corrected chi connectivity index (χ3v) is 2.89. The number of benzene rings is 1. The third-order valence-electron chi connectivity index (χ3n) is 2.89. The zero-order valence-corrected chi connectivity index (χ0v) is 10.9. The number of aromatic nitrogens is 2. The number of nitrogens with one attached hydrogen (secondary N) is 1. The van der Waals surface area contributed by atoms with Crippen LogP contribution in [0.1, 0.15) is 25.1 Å². The van der Waals surface area contributed by atoms with E-state index in [2.05, 4.69) is 23.1 Å². The fraction of sp³-hybridized carbons (Fsp3) is 0.267. The molecule has 18 heavy (non-hydrogen) atoms. The maximum Gasteiger partial charge on any atom is 0.0801 e. The maximum absolute atomic E-state index is 4.62. The van der Waals surface area contributed by atoms with Crippen LogP contribution in [-0.2, 0) is 0 Å². The summed E-state index contributed by atoms with van der Waals surface area (Å²) in [7, 11) is 1.95. The second kappa shape index (κ2) is 5.65. The predicted octanol–water partition coefficient (Wildman–Crippen LogP) is 3.10. The molecule has 94 valence electrons. The molecule has 0 aliphatic heterocycles. The van der Waals surface area contributed by atoms with Gasteiger partial charge in [-0.2, -0.15) is 5.10 Å². The predicted molar refractivity (Wildman–Crippen MR) is 74.8 cm³/mol. The molecule has 0 amide bonds. The molecule has 1 N–H and O–H groups in total. The quantitative estimate of drug-likeness (QED) is 0.815. The monoisotopic (exact) mass is 241 g/mol. The van der Waals surface area contributed by atoms with Gasteiger partial charge in [-0.05, 0) is 38.6 Å². The lowest BCUT2D eigenvalue weighted by Gasteiger charge is -2.13. The van der Waals surface area contributed by atoms with E-state index in [1.54, 1.807) is 0 Å². The van der Waals surface area contributed by atoms with Gasteiger partial charge in [-0.15, -0.1) is 6.58 Å². The Kier molecular flexibility index (Phi) is 3.95. The van der Waals surface area contributed by atoms with Crippen LogP contribution in [0.2, 0.25) is 0 Å². The van der Waals surface area contributed by atoms with Gasteiger partial charge >= 0.3 is 0 Å². The number of rotatable bonds is 5. The Bertz CT molecular complexity index is 514. The third kappa shape index (κ3) is 2.87. The van der Waals surface area contributed by atoms with Crippen molar-refractivity contribution in [2.45, 2.75) is 19.4 Å². The minimum atomic E-state index is 0.229. The van der Waals surface area contributed by atoms with Gasteiger partial charge in [0.15, 0.2) is 0 Å². The van der Waals surface area contributed by atoms with Gasteiger partial charge in [-0.3, -0.25) is 0 Å². The number of hydrogen-bond donors (Lipinski definition) is 1. The average Bonchev–Trinajstić information content (AvgIpc) is 2.86. The van der Waals surface area contributed by atoms with Gasteiger partial charge in [0.1, 0.15) is 0 Å². The van der Waals surface area contributed by atoms with Crippen LogP contribution in [0.3, 0.4) is 0 Å². The van der Waals surface area contributed by atoms with Crippen LogP contribution < -0.4 is 5.32 Å². The Morgan fingerprint density at radius 2 is 2.06 bits per heavy atom. The molecule has 0 spiro atoms. The van der Waals surface area contributed by atoms with E-state index in [-0.39, 0.29) is 6.04 Å². The van der Waals surface area contributed by atoms with Crippen LogP contribution in [0.4, 0.5) is 0 Å². The molecule has 0 aliphatic carbocycles. The molecule has 1 aromatic heterocycles. The van der Waals surface area contributed by atoms with Gasteiger partial charge in [-0.1, -0.05) is 23.8 Å². The van der Waals surface area contributed by atoms with Crippen molar-refractivity contribution in [3.8, 4) is 5.69 Å². The van der Waals surface area contributed by atoms with Crippen molar-refractivity contribution in [1.82, 2.24) is 15.1 Å². The molecule has 0 saturated carbocycles. The van der Waals surface area contributed by atoms with Gasteiger partial charge in [0.05, 0.1) is 17.4 Å². The first-order valence-corrected chi connectivity index (χ1v) is 6.13. The lowest BCUT2D eigenvalue weighted by Crippen LogP contribution is -2.17. The number of hydrogen-bond acceptors (Lipinski definition) is 2. The van der Waals surface area contributed by atoms with Gasteiger partial charge < -0.3 is 5.32 Å². The molecule has 1 heterocycles. The highest BCUT2D eigenvalue weighted by atomic mass is 15.3. The molecule has 1 unspecified atom stereocenters. The zero-order valence-electron chi connectivity index (χ0n) is 10.9. The lowest BCUT2D eigenvalue weighted by atomic mass is 10.1. The topological polar surface area (TPSA) is 29.9 Å². The van der Waals surface area contributed by atoms with Crippen LogP contribution >= 0.6 is 0 Å². The molecule has 3 nitrogen and oxygen atoms in total. The highest BCUT2D eigenvalue weighted by Crippen LogP contribution is 2.19. The van der Waals surface area contributed by atoms with Crippen LogP contribution in [-0.4, -0.2) is 16.8 Å². The molecule has 0 fully saturated rings. The molecule has 0 bridgehead atoms. The fourth-order valence-electron chi connectivity index (χ4n) is 1.95. The van der Waals surface area contributed by atoms with Crippen LogP contribution in [0, 0.1) is 0 Å². The summed E-state index contributed by atoms with van der Waals surface area (Å²) < 4.78 is 1.90. The van der Waals surface area contributed by atoms with E-state index < -0.39 is 0 Å². The van der Waals surface area contributed by atoms with E-state index in [1.807, 2.05) is 55.2 Å². The van der Waals surface area contributed by atoms with Gasteiger partial charge in [0.25, 0.3) is 0 Å². The smallest absolute Gasteiger partial charge is 0.0801 e. The summed E-state index contributed by atoms with van der Waals surface area (Å²) >= 11 is 0. The molecule has 1 aromatic carbocycles. The summed E-state index contributed by atoms with van der Waals surface area (Å²) in [4.78, 5) is 0. The molecule has 0 saturated heterocycles. The van der Waals surface area contributed by atoms with Gasteiger partial charge in [0, 0.05) is 6.20 Å². The minimum Gasteiger partial charge on any atom is -0.311 e. The van der Waals surface area contributed by atoms with E-state index in [9.17, 15) is 0 Å². The number of nitrogens with zero attached hydrogens (tertiary/aromatic N) is 2. The molecular weight excluding hydrogens is 222 g/mol. The van der Waals surface area contributed by atoms with Crippen molar-refractivity contribution in [2.75, 3.05) is 7.05 Å². The Morgan fingerprint density at radius 3 is 2.67 bits per heavy atom. The highest BCUT2D eigenvalue weighted by molar-refractivity contribution is 5.30. The Morgan fingerprint density at radius 1 is 1.33 bits per heavy atom. The Labute approximate surface area is 108 Å². The summed E-state index contributed by atoms with van der Waals surface area (Å²) in [6.45, 7) is 6.00. The van der Waals surface area contributed by atoms with Crippen molar-refractivity contribution in [3.63, 3.8) is 0 Å². The summed E-state index contributed by atoms with van der Waals surface area (Å²) in [5.74, 6) is 0. The first-order chi connectivity index (χ1) is 8.70. The summed E-state index contributed by atoms with van der Waals surface area (Å²) in [5.41, 5.74) is 3.28. The van der Waals surface area contributed by atoms with Crippen molar-refractivity contribution in [1.29, 1.82) is 0 Å². The zero-order chi connectivity index (χ0) is 13.0. The molecule has 2 rings (SSSR count). The maximum atomic E-state index is 4.62. The van der Waals surface area contributed by atoms with Gasteiger partial charge in [-0.25, -0.2) is 4.68 Å². The van der Waals surface area contributed by atoms with E-state index in [0.717, 1.165) is 23.4 Å². The molecule has 0 radical (unpaired) electrons. The van der Waals surface area contributed by atoms with Crippen molar-refractivity contribution in [3.05, 3.63) is 60.4 Å². The largest absolute Gasteiger partial charge is 0.311 e. The standard InChI is InChI=1S/C15H19N3/c1-12(2)11-15(16-3)14-9-10-18(17-14)13-7-5-4-6-8-13/h4-10,15-16H,1,11H2,2-3H3. The van der Waals surface area contributed by atoms with Crippen molar-refractivity contribution in [2.24, 2.45) is 0 Å². The normalized spacial score (nSPS) is 12.3. The van der Waals surface area contributed by atoms with Crippen molar-refractivity contribution < 1.29 is 0 Å². The van der Waals surface area contributed by atoms with E-state index in [1.165, 1.54) is 0 Å². The molecule has 1 atom stereocenters. The fourth-order valence-corrected chi connectivity index (χ4v) is 1.95. The SMILES string of the molecule is C=C(C)CC(NC)c1ccn(-c2ccccc2)n1. The van der Waals surface area contributed by atoms with E-state index >= 15 is 0 Å². The van der Waals surface area contributed by atoms with Crippen LogP contribution in [0.15, 0.2) is 54.7 Å². The lowest BCUT2D eigenvalue weighted by molar-refractivity contribution is 0.567. The molecule has 3 heteroatoms. The first kappa shape index (κ1) is 12.6. The Balaban J connectivity index is 2.22. The highest BCUT2D eigenvalue weighted by Gasteiger charge is 2.12. The molecule has 0 aliphatic rings. The van der Waals surface area contributed by atoms with E-state index in [0.29, 0.717) is 0 Å². The second-order valence-corrected chi connectivity index (χ2v) is 4.52. The van der Waals surface area contributed by atoms with E-state index in [4.69, 9.17) is 0 Å². The number of para-hydroxylation sites is 1. The average molecular weight is 241 g/mol. The van der Waals surface area contributed by atoms with Crippen LogP contribution in [0.5, 0.6) is 0 Å². The minimum absolute atomic E-state index is 0.229. The molecular formula is C15H19N3. The van der Waals surface area contributed by atoms with Crippen LogP contribution in [0.25, 0.3) is 5.69 Å². The van der Waals surface area contributed by atoms with Gasteiger partial charge in [0.2, 0.25) is 0 Å². The summed E-state index contributed by atoms with van der Waals surface area (Å²) in [6, 6.07) is 12.4. The second-order valence-electron chi connectivity index (χ2n) is 4.52. The summed E-state index contributed by atoms with van der Waals surface area (Å²) in [5, 5.41) is 7.90. The summed E-state index contributed by atoms with van der Waals surface area (Å²) in [6.07, 6.45) is 2.90.